The third-order valence-corrected chi connectivity index (χ3v) is 3.60. The van der Waals surface area contributed by atoms with Crippen LogP contribution in [0.5, 0.6) is 5.75 Å². The second kappa shape index (κ2) is 7.48. The first-order valence-corrected chi connectivity index (χ1v) is 7.72. The van der Waals surface area contributed by atoms with E-state index >= 15 is 0 Å². The van der Waals surface area contributed by atoms with Crippen molar-refractivity contribution in [2.75, 3.05) is 11.9 Å². The zero-order chi connectivity index (χ0) is 15.2. The minimum Gasteiger partial charge on any atom is -0.483 e. The van der Waals surface area contributed by atoms with Gasteiger partial charge in [0.2, 0.25) is 0 Å². The molecular formula is C16H15BrClNO2. The topological polar surface area (TPSA) is 38.3 Å². The van der Waals surface area contributed by atoms with Crippen LogP contribution in [0.15, 0.2) is 46.9 Å². The molecule has 0 atom stereocenters. The molecule has 0 fully saturated rings. The van der Waals surface area contributed by atoms with Gasteiger partial charge in [0.15, 0.2) is 6.61 Å². The molecule has 21 heavy (non-hydrogen) atoms. The van der Waals surface area contributed by atoms with Crippen molar-refractivity contribution in [3.8, 4) is 5.75 Å². The molecule has 2 aromatic carbocycles. The lowest BCUT2D eigenvalue weighted by Gasteiger charge is -2.11. The number of hydrogen-bond acceptors (Lipinski definition) is 2. The maximum Gasteiger partial charge on any atom is 0.262 e. The largest absolute Gasteiger partial charge is 0.483 e. The SMILES string of the molecule is CCc1cc(Br)ccc1OCC(=O)Nc1cccc(Cl)c1. The molecule has 3 nitrogen and oxygen atoms in total. The summed E-state index contributed by atoms with van der Waals surface area (Å²) in [5.74, 6) is 0.504. The van der Waals surface area contributed by atoms with E-state index < -0.39 is 0 Å². The molecule has 0 bridgehead atoms. The highest BCUT2D eigenvalue weighted by Crippen LogP contribution is 2.23. The second-order valence-electron chi connectivity index (χ2n) is 4.45. The van der Waals surface area contributed by atoms with E-state index in [0.717, 1.165) is 22.2 Å². The van der Waals surface area contributed by atoms with Gasteiger partial charge in [0.05, 0.1) is 0 Å². The predicted molar refractivity (Wildman–Crippen MR) is 89.1 cm³/mol. The number of halogens is 2. The molecule has 0 unspecified atom stereocenters. The lowest BCUT2D eigenvalue weighted by Crippen LogP contribution is -2.20. The molecule has 0 heterocycles. The fourth-order valence-electron chi connectivity index (χ4n) is 1.87. The Morgan fingerprint density at radius 2 is 2.10 bits per heavy atom. The van der Waals surface area contributed by atoms with E-state index in [1.807, 2.05) is 25.1 Å². The Kier molecular flexibility index (Phi) is 5.65. The van der Waals surface area contributed by atoms with Crippen molar-refractivity contribution in [2.45, 2.75) is 13.3 Å². The lowest BCUT2D eigenvalue weighted by molar-refractivity contribution is -0.118. The summed E-state index contributed by atoms with van der Waals surface area (Å²) in [4.78, 5) is 11.9. The number of ether oxygens (including phenoxy) is 1. The van der Waals surface area contributed by atoms with Gasteiger partial charge in [-0.2, -0.15) is 0 Å². The minimum absolute atomic E-state index is 0.0405. The van der Waals surface area contributed by atoms with E-state index in [4.69, 9.17) is 16.3 Å². The Labute approximate surface area is 137 Å². The molecule has 5 heteroatoms. The summed E-state index contributed by atoms with van der Waals surface area (Å²) in [6.45, 7) is 2.00. The Bertz CT molecular complexity index is 646. The minimum atomic E-state index is -0.220. The van der Waals surface area contributed by atoms with E-state index in [2.05, 4.69) is 21.2 Å². The van der Waals surface area contributed by atoms with E-state index in [1.54, 1.807) is 24.3 Å². The normalized spacial score (nSPS) is 10.2. The zero-order valence-electron chi connectivity index (χ0n) is 11.5. The van der Waals surface area contributed by atoms with Gasteiger partial charge in [0, 0.05) is 15.2 Å². The van der Waals surface area contributed by atoms with Crippen LogP contribution in [-0.4, -0.2) is 12.5 Å². The summed E-state index contributed by atoms with van der Waals surface area (Å²) < 4.78 is 6.58. The molecule has 110 valence electrons. The highest BCUT2D eigenvalue weighted by molar-refractivity contribution is 9.10. The standard InChI is InChI=1S/C16H15BrClNO2/c1-2-11-8-12(17)6-7-15(11)21-10-16(20)19-14-5-3-4-13(18)9-14/h3-9H,2,10H2,1H3,(H,19,20). The third-order valence-electron chi connectivity index (χ3n) is 2.87. The van der Waals surface area contributed by atoms with Crippen molar-refractivity contribution in [1.29, 1.82) is 0 Å². The molecule has 0 radical (unpaired) electrons. The predicted octanol–water partition coefficient (Wildman–Crippen LogP) is 4.68. The third kappa shape index (κ3) is 4.76. The Hall–Kier alpha value is -1.52. The first kappa shape index (κ1) is 15.9. The Morgan fingerprint density at radius 1 is 1.29 bits per heavy atom. The second-order valence-corrected chi connectivity index (χ2v) is 5.80. The average molecular weight is 369 g/mol. The summed E-state index contributed by atoms with van der Waals surface area (Å²) in [5, 5.41) is 3.32. The smallest absolute Gasteiger partial charge is 0.262 e. The van der Waals surface area contributed by atoms with Crippen LogP contribution in [0.1, 0.15) is 12.5 Å². The van der Waals surface area contributed by atoms with Crippen LogP contribution in [0.3, 0.4) is 0 Å². The summed E-state index contributed by atoms with van der Waals surface area (Å²) in [6.07, 6.45) is 0.838. The van der Waals surface area contributed by atoms with E-state index in [9.17, 15) is 4.79 Å². The van der Waals surface area contributed by atoms with Crippen LogP contribution in [-0.2, 0) is 11.2 Å². The van der Waals surface area contributed by atoms with Gasteiger partial charge in [-0.15, -0.1) is 0 Å². The molecular weight excluding hydrogens is 354 g/mol. The summed E-state index contributed by atoms with van der Waals surface area (Å²) in [5.41, 5.74) is 1.71. The van der Waals surface area contributed by atoms with Gasteiger partial charge in [0.25, 0.3) is 5.91 Å². The first-order chi connectivity index (χ1) is 10.1. The summed E-state index contributed by atoms with van der Waals surface area (Å²) in [7, 11) is 0. The van der Waals surface area contributed by atoms with E-state index in [0.29, 0.717) is 10.7 Å². The Morgan fingerprint density at radius 3 is 2.81 bits per heavy atom. The first-order valence-electron chi connectivity index (χ1n) is 6.55. The van der Waals surface area contributed by atoms with Crippen LogP contribution in [0, 0.1) is 0 Å². The van der Waals surface area contributed by atoms with Crippen LogP contribution >= 0.6 is 27.5 Å². The number of rotatable bonds is 5. The highest BCUT2D eigenvalue weighted by atomic mass is 79.9. The van der Waals surface area contributed by atoms with Gasteiger partial charge in [-0.3, -0.25) is 4.79 Å². The number of aryl methyl sites for hydroxylation is 1. The van der Waals surface area contributed by atoms with Crippen molar-refractivity contribution >= 4 is 39.1 Å². The molecule has 1 N–H and O–H groups in total. The van der Waals surface area contributed by atoms with Crippen molar-refractivity contribution in [3.63, 3.8) is 0 Å². The average Bonchev–Trinajstić information content (AvgIpc) is 2.45. The lowest BCUT2D eigenvalue weighted by atomic mass is 10.1. The van der Waals surface area contributed by atoms with Gasteiger partial charge in [-0.1, -0.05) is 40.5 Å². The van der Waals surface area contributed by atoms with Crippen LogP contribution in [0.25, 0.3) is 0 Å². The van der Waals surface area contributed by atoms with Crippen molar-refractivity contribution in [3.05, 3.63) is 57.5 Å². The number of amides is 1. The van der Waals surface area contributed by atoms with Gasteiger partial charge in [-0.25, -0.2) is 0 Å². The number of carbonyl (C=O) groups is 1. The van der Waals surface area contributed by atoms with Gasteiger partial charge in [-0.05, 0) is 48.4 Å². The summed E-state index contributed by atoms with van der Waals surface area (Å²) >= 11 is 9.29. The number of benzene rings is 2. The van der Waals surface area contributed by atoms with Gasteiger partial charge >= 0.3 is 0 Å². The number of hydrogen-bond donors (Lipinski definition) is 1. The maximum atomic E-state index is 11.9. The summed E-state index contributed by atoms with van der Waals surface area (Å²) in [6, 6.07) is 12.7. The highest BCUT2D eigenvalue weighted by Gasteiger charge is 2.07. The molecule has 0 aliphatic heterocycles. The molecule has 0 saturated heterocycles. The quantitative estimate of drug-likeness (QED) is 0.832. The van der Waals surface area contributed by atoms with Crippen molar-refractivity contribution in [2.24, 2.45) is 0 Å². The molecule has 0 aliphatic rings. The Balaban J connectivity index is 1.95. The fourth-order valence-corrected chi connectivity index (χ4v) is 2.47. The van der Waals surface area contributed by atoms with E-state index in [1.165, 1.54) is 0 Å². The fraction of sp³-hybridized carbons (Fsp3) is 0.188. The number of carbonyl (C=O) groups excluding carboxylic acids is 1. The molecule has 0 saturated carbocycles. The maximum absolute atomic E-state index is 11.9. The number of nitrogens with one attached hydrogen (secondary N) is 1. The monoisotopic (exact) mass is 367 g/mol. The van der Waals surface area contributed by atoms with Crippen molar-refractivity contribution in [1.82, 2.24) is 0 Å². The molecule has 2 rings (SSSR count). The molecule has 0 aliphatic carbocycles. The molecule has 1 amide bonds. The van der Waals surface area contributed by atoms with Crippen LogP contribution in [0.4, 0.5) is 5.69 Å². The van der Waals surface area contributed by atoms with E-state index in [-0.39, 0.29) is 12.5 Å². The van der Waals surface area contributed by atoms with Gasteiger partial charge < -0.3 is 10.1 Å². The van der Waals surface area contributed by atoms with Crippen LogP contribution in [0.2, 0.25) is 5.02 Å². The number of anilines is 1. The molecule has 2 aromatic rings. The van der Waals surface area contributed by atoms with Gasteiger partial charge in [0.1, 0.15) is 5.75 Å². The van der Waals surface area contributed by atoms with Crippen LogP contribution < -0.4 is 10.1 Å². The zero-order valence-corrected chi connectivity index (χ0v) is 13.9. The molecule has 0 aromatic heterocycles. The molecule has 0 spiro atoms. The van der Waals surface area contributed by atoms with Crippen molar-refractivity contribution < 1.29 is 9.53 Å².